The number of nitrogens with one attached hydrogen (secondary N) is 1. The number of methoxy groups -OCH3 is 2. The average molecular weight is 502 g/mol. The Labute approximate surface area is 184 Å². The van der Waals surface area contributed by atoms with E-state index in [1.807, 2.05) is 37.7 Å². The fourth-order valence-electron chi connectivity index (χ4n) is 2.54. The maximum absolute atomic E-state index is 5.22. The molecule has 0 fully saturated rings. The summed E-state index contributed by atoms with van der Waals surface area (Å²) in [6.45, 7) is 4.64. The van der Waals surface area contributed by atoms with Crippen LogP contribution in [0, 0.1) is 6.92 Å². The first-order valence-electron chi connectivity index (χ1n) is 9.01. The van der Waals surface area contributed by atoms with Crippen molar-refractivity contribution < 1.29 is 9.47 Å². The van der Waals surface area contributed by atoms with E-state index in [9.17, 15) is 0 Å². The van der Waals surface area contributed by atoms with Crippen molar-refractivity contribution in [2.45, 2.75) is 26.4 Å². The first-order valence-corrected chi connectivity index (χ1v) is 9.01. The Hall–Kier alpha value is -1.88. The summed E-state index contributed by atoms with van der Waals surface area (Å²) >= 11 is 0. The molecule has 8 nitrogen and oxygen atoms in total. The highest BCUT2D eigenvalue weighted by Crippen LogP contribution is 2.12. The van der Waals surface area contributed by atoms with Gasteiger partial charge in [-0.1, -0.05) is 12.1 Å². The molecule has 1 N–H and O–H groups in total. The third-order valence-electron chi connectivity index (χ3n) is 4.30. The summed E-state index contributed by atoms with van der Waals surface area (Å²) in [7, 11) is 7.35. The number of aryl methyl sites for hydroxylation is 1. The smallest absolute Gasteiger partial charge is 0.194 e. The quantitative estimate of drug-likeness (QED) is 0.246. The van der Waals surface area contributed by atoms with Crippen molar-refractivity contribution in [2.75, 3.05) is 34.4 Å². The fourth-order valence-corrected chi connectivity index (χ4v) is 2.54. The molecular formula is C19H31IN6O2. The number of rotatable bonds is 9. The summed E-state index contributed by atoms with van der Waals surface area (Å²) in [5, 5.41) is 11.7. The third kappa shape index (κ3) is 7.27. The third-order valence-corrected chi connectivity index (χ3v) is 4.30. The standard InChI is InChI=1S/C19H30N6O2.HI/c1-15-22-23-18(25(15)3)13-21-19(20-11-6-12-26-4)24(2)14-16-7-9-17(27-5)10-8-16;/h7-10H,6,11-14H2,1-5H3,(H,20,21);1H. The molecule has 0 saturated carbocycles. The van der Waals surface area contributed by atoms with E-state index in [0.29, 0.717) is 13.2 Å². The van der Waals surface area contributed by atoms with Crippen LogP contribution >= 0.6 is 24.0 Å². The topological polar surface area (TPSA) is 76.8 Å². The molecule has 0 unspecified atom stereocenters. The second kappa shape index (κ2) is 12.6. The SMILES string of the molecule is COCCCNC(=NCc1nnc(C)n1C)N(C)Cc1ccc(OC)cc1.I. The lowest BCUT2D eigenvalue weighted by Gasteiger charge is -2.23. The lowest BCUT2D eigenvalue weighted by atomic mass is 10.2. The molecule has 1 aromatic carbocycles. The van der Waals surface area contributed by atoms with Gasteiger partial charge in [0.1, 0.15) is 18.1 Å². The van der Waals surface area contributed by atoms with Gasteiger partial charge in [0.15, 0.2) is 11.8 Å². The minimum atomic E-state index is 0. The molecule has 156 valence electrons. The van der Waals surface area contributed by atoms with E-state index >= 15 is 0 Å². The molecule has 0 aliphatic rings. The van der Waals surface area contributed by atoms with Gasteiger partial charge in [0, 0.05) is 40.9 Å². The molecule has 9 heteroatoms. The van der Waals surface area contributed by atoms with E-state index in [2.05, 4.69) is 32.5 Å². The highest BCUT2D eigenvalue weighted by molar-refractivity contribution is 14.0. The highest BCUT2D eigenvalue weighted by Gasteiger charge is 2.09. The van der Waals surface area contributed by atoms with Crippen LogP contribution in [0.4, 0.5) is 0 Å². The van der Waals surface area contributed by atoms with Crippen LogP contribution in [0.5, 0.6) is 5.75 Å². The highest BCUT2D eigenvalue weighted by atomic mass is 127. The summed E-state index contributed by atoms with van der Waals surface area (Å²) < 4.78 is 12.3. The molecule has 1 heterocycles. The summed E-state index contributed by atoms with van der Waals surface area (Å²) in [4.78, 5) is 6.83. The predicted octanol–water partition coefficient (Wildman–Crippen LogP) is 2.36. The number of ether oxygens (including phenoxy) is 2. The summed E-state index contributed by atoms with van der Waals surface area (Å²) in [6, 6.07) is 8.05. The van der Waals surface area contributed by atoms with Crippen molar-refractivity contribution in [2.24, 2.45) is 12.0 Å². The monoisotopic (exact) mass is 502 g/mol. The number of guanidine groups is 1. The molecule has 0 aliphatic carbocycles. The number of hydrogen-bond donors (Lipinski definition) is 1. The van der Waals surface area contributed by atoms with Gasteiger partial charge in [0.2, 0.25) is 0 Å². The van der Waals surface area contributed by atoms with Crippen molar-refractivity contribution >= 4 is 29.9 Å². The first-order chi connectivity index (χ1) is 13.0. The van der Waals surface area contributed by atoms with Gasteiger partial charge in [-0.05, 0) is 31.0 Å². The summed E-state index contributed by atoms with van der Waals surface area (Å²) in [5.41, 5.74) is 1.18. The van der Waals surface area contributed by atoms with Crippen LogP contribution in [-0.2, 0) is 24.9 Å². The van der Waals surface area contributed by atoms with Gasteiger partial charge >= 0.3 is 0 Å². The molecule has 28 heavy (non-hydrogen) atoms. The van der Waals surface area contributed by atoms with Crippen molar-refractivity contribution in [3.05, 3.63) is 41.5 Å². The van der Waals surface area contributed by atoms with Crippen LogP contribution < -0.4 is 10.1 Å². The lowest BCUT2D eigenvalue weighted by Crippen LogP contribution is -2.39. The van der Waals surface area contributed by atoms with Crippen LogP contribution in [0.3, 0.4) is 0 Å². The minimum absolute atomic E-state index is 0. The van der Waals surface area contributed by atoms with Crippen molar-refractivity contribution in [1.82, 2.24) is 25.0 Å². The van der Waals surface area contributed by atoms with Gasteiger partial charge in [-0.3, -0.25) is 0 Å². The van der Waals surface area contributed by atoms with Gasteiger partial charge in [-0.2, -0.15) is 0 Å². The molecule has 0 atom stereocenters. The maximum atomic E-state index is 5.22. The molecule has 2 aromatic rings. The van der Waals surface area contributed by atoms with Gasteiger partial charge in [0.25, 0.3) is 0 Å². The number of halogens is 1. The fraction of sp³-hybridized carbons (Fsp3) is 0.526. The van der Waals surface area contributed by atoms with Gasteiger partial charge < -0.3 is 24.3 Å². The molecule has 0 aliphatic heterocycles. The predicted molar refractivity (Wildman–Crippen MR) is 121 cm³/mol. The number of aromatic nitrogens is 3. The van der Waals surface area contributed by atoms with Crippen LogP contribution in [0.15, 0.2) is 29.3 Å². The maximum Gasteiger partial charge on any atom is 0.194 e. The average Bonchev–Trinajstić information content (AvgIpc) is 3.00. The van der Waals surface area contributed by atoms with Crippen molar-refractivity contribution in [1.29, 1.82) is 0 Å². The Balaban J connectivity index is 0.00000392. The number of nitrogens with zero attached hydrogens (tertiary/aromatic N) is 5. The number of aliphatic imine (C=N–C) groups is 1. The molecule has 2 rings (SSSR count). The molecule has 0 amide bonds. The van der Waals surface area contributed by atoms with E-state index in [1.54, 1.807) is 14.2 Å². The minimum Gasteiger partial charge on any atom is -0.497 e. The molecule has 0 spiro atoms. The molecular weight excluding hydrogens is 471 g/mol. The first kappa shape index (κ1) is 24.2. The van der Waals surface area contributed by atoms with Crippen LogP contribution in [0.2, 0.25) is 0 Å². The summed E-state index contributed by atoms with van der Waals surface area (Å²) in [5.74, 6) is 3.39. The Morgan fingerprint density at radius 3 is 2.50 bits per heavy atom. The van der Waals surface area contributed by atoms with Crippen LogP contribution in [-0.4, -0.2) is 60.0 Å². The zero-order chi connectivity index (χ0) is 19.6. The number of hydrogen-bond acceptors (Lipinski definition) is 5. The summed E-state index contributed by atoms with van der Waals surface area (Å²) in [6.07, 6.45) is 0.912. The Morgan fingerprint density at radius 1 is 1.21 bits per heavy atom. The van der Waals surface area contributed by atoms with E-state index < -0.39 is 0 Å². The Morgan fingerprint density at radius 2 is 1.93 bits per heavy atom. The van der Waals surface area contributed by atoms with E-state index in [4.69, 9.17) is 14.5 Å². The van der Waals surface area contributed by atoms with E-state index in [1.165, 1.54) is 5.56 Å². The largest absolute Gasteiger partial charge is 0.497 e. The lowest BCUT2D eigenvalue weighted by molar-refractivity contribution is 0.195. The van der Waals surface area contributed by atoms with Crippen LogP contribution in [0.1, 0.15) is 23.6 Å². The molecule has 0 radical (unpaired) electrons. The second-order valence-electron chi connectivity index (χ2n) is 6.34. The Kier molecular flexibility index (Phi) is 10.8. The van der Waals surface area contributed by atoms with E-state index in [-0.39, 0.29) is 24.0 Å². The van der Waals surface area contributed by atoms with Crippen molar-refractivity contribution in [3.8, 4) is 5.75 Å². The van der Waals surface area contributed by atoms with Crippen LogP contribution in [0.25, 0.3) is 0 Å². The molecule has 1 aromatic heterocycles. The normalized spacial score (nSPS) is 11.1. The van der Waals surface area contributed by atoms with Gasteiger partial charge in [-0.15, -0.1) is 34.2 Å². The molecule has 0 bridgehead atoms. The van der Waals surface area contributed by atoms with E-state index in [0.717, 1.165) is 42.9 Å². The second-order valence-corrected chi connectivity index (χ2v) is 6.34. The molecule has 0 saturated heterocycles. The van der Waals surface area contributed by atoms with Gasteiger partial charge in [0.05, 0.1) is 7.11 Å². The van der Waals surface area contributed by atoms with Gasteiger partial charge in [-0.25, -0.2) is 4.99 Å². The number of benzene rings is 1. The zero-order valence-corrected chi connectivity index (χ0v) is 19.6. The zero-order valence-electron chi connectivity index (χ0n) is 17.3. The van der Waals surface area contributed by atoms with Crippen molar-refractivity contribution in [3.63, 3.8) is 0 Å². The Bertz CT molecular complexity index is 733.